The van der Waals surface area contributed by atoms with E-state index in [9.17, 15) is 9.59 Å². The van der Waals surface area contributed by atoms with Gasteiger partial charge < -0.3 is 15.3 Å². The number of rotatable bonds is 24. The SMILES string of the molecule is CCCCCCCC(=O)O.CCCCCCCCCC(=O)O.CCCCCCCCCCCCO. The summed E-state index contributed by atoms with van der Waals surface area (Å²) in [6.07, 6.45) is 27.8. The molecule has 0 amide bonds. The molecule has 35 heavy (non-hydrogen) atoms. The molecule has 0 aliphatic heterocycles. The van der Waals surface area contributed by atoms with Crippen LogP contribution in [0.25, 0.3) is 0 Å². The number of aliphatic hydroxyl groups is 1. The fourth-order valence-electron chi connectivity index (χ4n) is 3.71. The van der Waals surface area contributed by atoms with E-state index in [-0.39, 0.29) is 0 Å². The van der Waals surface area contributed by atoms with E-state index in [0.717, 1.165) is 32.1 Å². The van der Waals surface area contributed by atoms with Gasteiger partial charge in [-0.2, -0.15) is 0 Å². The van der Waals surface area contributed by atoms with Crippen molar-refractivity contribution in [2.75, 3.05) is 6.61 Å². The normalized spacial score (nSPS) is 10.2. The fraction of sp³-hybridized carbons (Fsp3) is 0.933. The van der Waals surface area contributed by atoms with Gasteiger partial charge in [0.25, 0.3) is 0 Å². The van der Waals surface area contributed by atoms with Gasteiger partial charge in [-0.25, -0.2) is 0 Å². The second-order valence-corrected chi connectivity index (χ2v) is 9.73. The first-order valence-corrected chi connectivity index (χ1v) is 15.0. The predicted molar refractivity (Wildman–Crippen MR) is 150 cm³/mol. The van der Waals surface area contributed by atoms with Gasteiger partial charge >= 0.3 is 11.9 Å². The molecule has 5 heteroatoms. The molecule has 0 heterocycles. The highest BCUT2D eigenvalue weighted by molar-refractivity contribution is 5.66. The van der Waals surface area contributed by atoms with Crippen LogP contribution in [0.5, 0.6) is 0 Å². The third-order valence-electron chi connectivity index (χ3n) is 6.00. The minimum Gasteiger partial charge on any atom is -0.481 e. The molecule has 0 fully saturated rings. The summed E-state index contributed by atoms with van der Waals surface area (Å²) in [5.41, 5.74) is 0. The van der Waals surface area contributed by atoms with E-state index in [1.165, 1.54) is 109 Å². The number of hydrogen-bond acceptors (Lipinski definition) is 3. The first-order chi connectivity index (χ1) is 17.0. The molecule has 0 aromatic rings. The summed E-state index contributed by atoms with van der Waals surface area (Å²) in [5.74, 6) is -1.33. The molecule has 0 aromatic heterocycles. The molecule has 0 rings (SSSR count). The summed E-state index contributed by atoms with van der Waals surface area (Å²) in [6.45, 7) is 6.98. The van der Waals surface area contributed by atoms with Crippen LogP contribution in [0.15, 0.2) is 0 Å². The lowest BCUT2D eigenvalue weighted by Crippen LogP contribution is -1.93. The highest BCUT2D eigenvalue weighted by Crippen LogP contribution is 2.10. The first kappa shape index (κ1) is 38.4. The Balaban J connectivity index is -0.000000443. The van der Waals surface area contributed by atoms with Crippen LogP contribution in [-0.2, 0) is 9.59 Å². The number of hydrogen-bond donors (Lipinski definition) is 3. The lowest BCUT2D eigenvalue weighted by atomic mass is 10.1. The molecule has 0 radical (unpaired) electrons. The van der Waals surface area contributed by atoms with Crippen LogP contribution in [0, 0.1) is 0 Å². The van der Waals surface area contributed by atoms with E-state index in [1.54, 1.807) is 0 Å². The second-order valence-electron chi connectivity index (χ2n) is 9.73. The summed E-state index contributed by atoms with van der Waals surface area (Å²) in [4.78, 5) is 20.2. The maximum Gasteiger partial charge on any atom is 0.303 e. The average Bonchev–Trinajstić information content (AvgIpc) is 2.83. The summed E-state index contributed by atoms with van der Waals surface area (Å²) in [6, 6.07) is 0. The van der Waals surface area contributed by atoms with E-state index in [4.69, 9.17) is 15.3 Å². The Hall–Kier alpha value is -1.10. The van der Waals surface area contributed by atoms with E-state index >= 15 is 0 Å². The lowest BCUT2D eigenvalue weighted by Gasteiger charge is -2.00. The Morgan fingerprint density at radius 1 is 0.400 bits per heavy atom. The maximum atomic E-state index is 10.1. The Bertz CT molecular complexity index is 388. The highest BCUT2D eigenvalue weighted by Gasteiger charge is 1.96. The number of carbonyl (C=O) groups is 2. The van der Waals surface area contributed by atoms with Gasteiger partial charge in [0.15, 0.2) is 0 Å². The fourth-order valence-corrected chi connectivity index (χ4v) is 3.71. The monoisotopic (exact) mass is 502 g/mol. The molecular weight excluding hydrogens is 440 g/mol. The smallest absolute Gasteiger partial charge is 0.303 e. The van der Waals surface area contributed by atoms with Gasteiger partial charge in [-0.15, -0.1) is 0 Å². The van der Waals surface area contributed by atoms with Crippen LogP contribution in [0.4, 0.5) is 0 Å². The Morgan fingerprint density at radius 3 is 0.857 bits per heavy atom. The largest absolute Gasteiger partial charge is 0.481 e. The van der Waals surface area contributed by atoms with E-state index < -0.39 is 11.9 Å². The van der Waals surface area contributed by atoms with E-state index in [0.29, 0.717) is 19.4 Å². The summed E-state index contributed by atoms with van der Waals surface area (Å²) in [5, 5.41) is 25.2. The van der Waals surface area contributed by atoms with Crippen molar-refractivity contribution >= 4 is 11.9 Å². The molecular formula is C30H62O5. The zero-order chi connectivity index (χ0) is 26.8. The number of aliphatic carboxylic acids is 2. The molecule has 0 spiro atoms. The molecule has 5 nitrogen and oxygen atoms in total. The summed E-state index contributed by atoms with van der Waals surface area (Å²) < 4.78 is 0. The third kappa shape index (κ3) is 50.7. The molecule has 0 atom stereocenters. The van der Waals surface area contributed by atoms with Gasteiger partial charge in [0.2, 0.25) is 0 Å². The van der Waals surface area contributed by atoms with E-state index in [2.05, 4.69) is 20.8 Å². The van der Waals surface area contributed by atoms with Crippen molar-refractivity contribution in [3.8, 4) is 0 Å². The zero-order valence-corrected chi connectivity index (χ0v) is 23.8. The second kappa shape index (κ2) is 37.4. The molecule has 3 N–H and O–H groups in total. The standard InChI is InChI=1S/C12H26O.C10H20O2.C8H16O2/c1-2-3-4-5-6-7-8-9-10-11-12-13;1-2-3-4-5-6-7-8-9-10(11)12;1-2-3-4-5-6-7-8(9)10/h13H,2-12H2,1H3;2-9H2,1H3,(H,11,12);2-7H2,1H3,(H,9,10). The number of carboxylic acids is 2. The molecule has 0 bridgehead atoms. The van der Waals surface area contributed by atoms with Crippen LogP contribution >= 0.6 is 0 Å². The molecule has 212 valence electrons. The number of unbranched alkanes of at least 4 members (excludes halogenated alkanes) is 19. The maximum absolute atomic E-state index is 10.1. The Morgan fingerprint density at radius 2 is 0.629 bits per heavy atom. The summed E-state index contributed by atoms with van der Waals surface area (Å²) in [7, 11) is 0. The van der Waals surface area contributed by atoms with Crippen molar-refractivity contribution in [2.45, 2.75) is 175 Å². The van der Waals surface area contributed by atoms with Crippen LogP contribution in [-0.4, -0.2) is 33.9 Å². The van der Waals surface area contributed by atoms with Gasteiger partial charge in [0.1, 0.15) is 0 Å². The molecule has 0 saturated carbocycles. The average molecular weight is 503 g/mol. The third-order valence-corrected chi connectivity index (χ3v) is 6.00. The quantitative estimate of drug-likeness (QED) is 0.114. The Labute approximate surface area is 218 Å². The minimum atomic E-state index is -0.670. The van der Waals surface area contributed by atoms with Gasteiger partial charge in [-0.1, -0.05) is 143 Å². The van der Waals surface area contributed by atoms with Gasteiger partial charge in [0.05, 0.1) is 0 Å². The van der Waals surface area contributed by atoms with Gasteiger partial charge in [0, 0.05) is 19.4 Å². The van der Waals surface area contributed by atoms with Crippen molar-refractivity contribution in [1.82, 2.24) is 0 Å². The number of carboxylic acid groups (broad SMARTS) is 2. The highest BCUT2D eigenvalue weighted by atomic mass is 16.4. The van der Waals surface area contributed by atoms with Crippen molar-refractivity contribution in [1.29, 1.82) is 0 Å². The van der Waals surface area contributed by atoms with Crippen molar-refractivity contribution in [3.63, 3.8) is 0 Å². The molecule has 0 unspecified atom stereocenters. The van der Waals surface area contributed by atoms with Crippen molar-refractivity contribution < 1.29 is 24.9 Å². The first-order valence-electron chi connectivity index (χ1n) is 15.0. The lowest BCUT2D eigenvalue weighted by molar-refractivity contribution is -0.138. The van der Waals surface area contributed by atoms with E-state index in [1.807, 2.05) is 0 Å². The minimum absolute atomic E-state index is 0.337. The van der Waals surface area contributed by atoms with Gasteiger partial charge in [-0.05, 0) is 19.3 Å². The molecule has 0 saturated heterocycles. The van der Waals surface area contributed by atoms with Crippen LogP contribution in [0.3, 0.4) is 0 Å². The Kier molecular flexibility index (Phi) is 41.1. The topological polar surface area (TPSA) is 94.8 Å². The zero-order valence-electron chi connectivity index (χ0n) is 23.8. The van der Waals surface area contributed by atoms with Crippen molar-refractivity contribution in [3.05, 3.63) is 0 Å². The van der Waals surface area contributed by atoms with Gasteiger partial charge in [-0.3, -0.25) is 9.59 Å². The predicted octanol–water partition coefficient (Wildman–Crippen LogP) is 9.54. The van der Waals surface area contributed by atoms with Crippen LogP contribution in [0.2, 0.25) is 0 Å². The van der Waals surface area contributed by atoms with Crippen molar-refractivity contribution in [2.24, 2.45) is 0 Å². The molecule has 0 aliphatic carbocycles. The van der Waals surface area contributed by atoms with Crippen LogP contribution in [0.1, 0.15) is 175 Å². The van der Waals surface area contributed by atoms with Crippen LogP contribution < -0.4 is 0 Å². The number of aliphatic hydroxyl groups excluding tert-OH is 1. The molecule has 0 aromatic carbocycles. The summed E-state index contributed by atoms with van der Waals surface area (Å²) >= 11 is 0. The molecule has 0 aliphatic rings.